The molecule has 0 heterocycles. The zero-order valence-corrected chi connectivity index (χ0v) is 19.6. The van der Waals surface area contributed by atoms with Crippen LogP contribution < -0.4 is 5.32 Å². The Labute approximate surface area is 184 Å². The molecule has 1 aromatic rings. The summed E-state index contributed by atoms with van der Waals surface area (Å²) in [6.45, 7) is 8.35. The lowest BCUT2D eigenvalue weighted by Crippen LogP contribution is -2.55. The number of rotatable bonds is 8. The molecule has 0 atom stereocenters. The molecule has 2 rings (SSSR count). The molecule has 6 nitrogen and oxygen atoms in total. The number of ether oxygens (including phenoxy) is 3. The van der Waals surface area contributed by atoms with Crippen LogP contribution >= 0.6 is 11.8 Å². The number of amides is 1. The van der Waals surface area contributed by atoms with Gasteiger partial charge in [0.25, 0.3) is 0 Å². The highest BCUT2D eigenvalue weighted by atomic mass is 32.2. The van der Waals surface area contributed by atoms with Crippen LogP contribution in [0.15, 0.2) is 29.2 Å². The van der Waals surface area contributed by atoms with Crippen LogP contribution in [0.1, 0.15) is 52.0 Å². The average Bonchev–Trinajstić information content (AvgIpc) is 2.65. The monoisotopic (exact) mass is 437 g/mol. The van der Waals surface area contributed by atoms with Gasteiger partial charge in [0.15, 0.2) is 0 Å². The Bertz CT molecular complexity index is 691. The molecule has 0 bridgehead atoms. The molecule has 0 unspecified atom stereocenters. The second-order valence-corrected chi connectivity index (χ2v) is 10.1. The van der Waals surface area contributed by atoms with Crippen LogP contribution in [0.5, 0.6) is 0 Å². The quantitative estimate of drug-likeness (QED) is 0.360. The number of nitrogens with one attached hydrogen (secondary N) is 1. The lowest BCUT2D eigenvalue weighted by Gasteiger charge is -2.39. The Morgan fingerprint density at radius 1 is 1.17 bits per heavy atom. The number of thioether (sulfide) groups is 1. The van der Waals surface area contributed by atoms with E-state index < -0.39 is 17.2 Å². The van der Waals surface area contributed by atoms with Gasteiger partial charge in [-0.2, -0.15) is 0 Å². The van der Waals surface area contributed by atoms with Gasteiger partial charge in [-0.25, -0.2) is 4.79 Å². The first-order chi connectivity index (χ1) is 14.1. The molecule has 1 fully saturated rings. The third-order valence-electron chi connectivity index (χ3n) is 5.08. The van der Waals surface area contributed by atoms with Gasteiger partial charge in [-0.3, -0.25) is 4.79 Å². The molecule has 0 aliphatic heterocycles. The van der Waals surface area contributed by atoms with Crippen molar-refractivity contribution in [2.75, 3.05) is 26.1 Å². The largest absolute Gasteiger partial charge is 0.465 e. The van der Waals surface area contributed by atoms with Gasteiger partial charge in [-0.05, 0) is 65.5 Å². The van der Waals surface area contributed by atoms with Crippen molar-refractivity contribution in [1.29, 1.82) is 0 Å². The Hall–Kier alpha value is -1.73. The molecular formula is C23H35NO5S. The SMILES string of the molecule is COCC1(NC(=O)OC(C)(C)C)CCC(C(=O)OCCSc2ccc(C)cc2)CC1. The van der Waals surface area contributed by atoms with Crippen molar-refractivity contribution in [2.45, 2.75) is 69.4 Å². The van der Waals surface area contributed by atoms with Crippen molar-refractivity contribution in [3.8, 4) is 0 Å². The molecule has 30 heavy (non-hydrogen) atoms. The van der Waals surface area contributed by atoms with Crippen molar-refractivity contribution in [3.05, 3.63) is 29.8 Å². The van der Waals surface area contributed by atoms with Crippen LogP contribution in [-0.2, 0) is 19.0 Å². The molecule has 168 valence electrons. The molecule has 0 aromatic heterocycles. The Kier molecular flexibility index (Phi) is 9.04. The highest BCUT2D eigenvalue weighted by molar-refractivity contribution is 7.99. The molecular weight excluding hydrogens is 402 g/mol. The first-order valence-electron chi connectivity index (χ1n) is 10.5. The van der Waals surface area contributed by atoms with Gasteiger partial charge in [-0.1, -0.05) is 17.7 Å². The number of benzene rings is 1. The summed E-state index contributed by atoms with van der Waals surface area (Å²) in [5, 5.41) is 2.98. The van der Waals surface area contributed by atoms with E-state index in [4.69, 9.17) is 14.2 Å². The Balaban J connectivity index is 1.76. The van der Waals surface area contributed by atoms with E-state index in [1.165, 1.54) is 10.5 Å². The molecule has 1 aliphatic carbocycles. The van der Waals surface area contributed by atoms with Gasteiger partial charge in [0, 0.05) is 17.8 Å². The predicted molar refractivity (Wildman–Crippen MR) is 119 cm³/mol. The van der Waals surface area contributed by atoms with Gasteiger partial charge in [0.2, 0.25) is 0 Å². The fraction of sp³-hybridized carbons (Fsp3) is 0.652. The lowest BCUT2D eigenvalue weighted by molar-refractivity contribution is -0.149. The zero-order chi connectivity index (χ0) is 22.2. The van der Waals surface area contributed by atoms with Crippen LogP contribution in [0, 0.1) is 12.8 Å². The molecule has 1 amide bonds. The maximum atomic E-state index is 12.5. The topological polar surface area (TPSA) is 73.9 Å². The first kappa shape index (κ1) is 24.5. The number of methoxy groups -OCH3 is 1. The van der Waals surface area contributed by atoms with Crippen molar-refractivity contribution in [1.82, 2.24) is 5.32 Å². The molecule has 0 radical (unpaired) electrons. The molecule has 1 aromatic carbocycles. The predicted octanol–water partition coefficient (Wildman–Crippen LogP) is 4.73. The fourth-order valence-corrected chi connectivity index (χ4v) is 4.29. The van der Waals surface area contributed by atoms with Gasteiger partial charge in [0.05, 0.1) is 18.1 Å². The summed E-state index contributed by atoms with van der Waals surface area (Å²) in [5.41, 5.74) is 0.166. The summed E-state index contributed by atoms with van der Waals surface area (Å²) in [6.07, 6.45) is 2.16. The average molecular weight is 438 g/mol. The summed E-state index contributed by atoms with van der Waals surface area (Å²) in [6, 6.07) is 8.31. The van der Waals surface area contributed by atoms with Crippen molar-refractivity contribution < 1.29 is 23.8 Å². The summed E-state index contributed by atoms with van der Waals surface area (Å²) < 4.78 is 16.2. The van der Waals surface area contributed by atoms with Gasteiger partial charge >= 0.3 is 12.1 Å². The van der Waals surface area contributed by atoms with E-state index in [1.54, 1.807) is 18.9 Å². The Morgan fingerprint density at radius 2 is 1.80 bits per heavy atom. The molecule has 0 spiro atoms. The van der Waals surface area contributed by atoms with E-state index in [-0.39, 0.29) is 11.9 Å². The van der Waals surface area contributed by atoms with E-state index in [0.717, 1.165) is 5.75 Å². The van der Waals surface area contributed by atoms with Crippen molar-refractivity contribution in [3.63, 3.8) is 0 Å². The van der Waals surface area contributed by atoms with Crippen LogP contribution in [0.3, 0.4) is 0 Å². The van der Waals surface area contributed by atoms with E-state index in [2.05, 4.69) is 36.5 Å². The number of esters is 1. The summed E-state index contributed by atoms with van der Waals surface area (Å²) in [7, 11) is 1.62. The lowest BCUT2D eigenvalue weighted by atomic mass is 9.77. The summed E-state index contributed by atoms with van der Waals surface area (Å²) >= 11 is 1.68. The highest BCUT2D eigenvalue weighted by Crippen LogP contribution is 2.33. The van der Waals surface area contributed by atoms with Gasteiger partial charge < -0.3 is 19.5 Å². The van der Waals surface area contributed by atoms with E-state index in [9.17, 15) is 9.59 Å². The molecule has 1 aliphatic rings. The van der Waals surface area contributed by atoms with Crippen LogP contribution in [0.4, 0.5) is 4.79 Å². The molecule has 0 saturated heterocycles. The summed E-state index contributed by atoms with van der Waals surface area (Å²) in [4.78, 5) is 25.9. The van der Waals surface area contributed by atoms with E-state index in [0.29, 0.717) is 38.9 Å². The second-order valence-electron chi connectivity index (χ2n) is 8.94. The Morgan fingerprint density at radius 3 is 2.37 bits per heavy atom. The molecule has 1 N–H and O–H groups in total. The summed E-state index contributed by atoms with van der Waals surface area (Å²) in [5.74, 6) is 0.442. The normalized spacial score (nSPS) is 21.7. The maximum absolute atomic E-state index is 12.5. The third kappa shape index (κ3) is 8.19. The smallest absolute Gasteiger partial charge is 0.408 e. The number of hydrogen-bond donors (Lipinski definition) is 1. The van der Waals surface area contributed by atoms with E-state index >= 15 is 0 Å². The number of alkyl carbamates (subject to hydrolysis) is 1. The third-order valence-corrected chi connectivity index (χ3v) is 6.06. The standard InChI is InChI=1S/C23H35NO5S/c1-17-6-8-19(9-7-17)30-15-14-28-20(25)18-10-12-23(13-11-18,16-27-5)24-21(26)29-22(2,3)4/h6-9,18H,10-16H2,1-5H3,(H,24,26). The zero-order valence-electron chi connectivity index (χ0n) is 18.8. The second kappa shape index (κ2) is 11.0. The van der Waals surface area contributed by atoms with Crippen LogP contribution in [-0.4, -0.2) is 49.3 Å². The van der Waals surface area contributed by atoms with Gasteiger partial charge in [-0.15, -0.1) is 11.8 Å². The minimum absolute atomic E-state index is 0.139. The molecule has 7 heteroatoms. The number of aryl methyl sites for hydroxylation is 1. The highest BCUT2D eigenvalue weighted by Gasteiger charge is 2.40. The maximum Gasteiger partial charge on any atom is 0.408 e. The number of carbonyl (C=O) groups is 2. The van der Waals surface area contributed by atoms with Crippen LogP contribution in [0.2, 0.25) is 0 Å². The van der Waals surface area contributed by atoms with Crippen LogP contribution in [0.25, 0.3) is 0 Å². The van der Waals surface area contributed by atoms with Crippen molar-refractivity contribution >= 4 is 23.8 Å². The number of carbonyl (C=O) groups excluding carboxylic acids is 2. The minimum Gasteiger partial charge on any atom is -0.465 e. The number of hydrogen-bond acceptors (Lipinski definition) is 6. The fourth-order valence-electron chi connectivity index (χ4n) is 3.56. The first-order valence-corrected chi connectivity index (χ1v) is 11.5. The molecule has 1 saturated carbocycles. The van der Waals surface area contributed by atoms with Gasteiger partial charge in [0.1, 0.15) is 12.2 Å². The van der Waals surface area contributed by atoms with E-state index in [1.807, 2.05) is 20.8 Å². The minimum atomic E-state index is -0.560. The van der Waals surface area contributed by atoms with Crippen molar-refractivity contribution in [2.24, 2.45) is 5.92 Å².